The van der Waals surface area contributed by atoms with E-state index in [4.69, 9.17) is 10.8 Å². The fourth-order valence-corrected chi connectivity index (χ4v) is 0.945. The Morgan fingerprint density at radius 1 is 1.57 bits per heavy atom. The molecule has 0 radical (unpaired) electrons. The molecular formula is C10H22N2O2. The maximum atomic E-state index is 11.2. The van der Waals surface area contributed by atoms with Crippen molar-refractivity contribution in [3.8, 4) is 0 Å². The topological polar surface area (TPSA) is 75.3 Å². The van der Waals surface area contributed by atoms with Crippen LogP contribution < -0.4 is 11.1 Å². The summed E-state index contributed by atoms with van der Waals surface area (Å²) in [6.45, 7) is 6.03. The molecule has 4 nitrogen and oxygen atoms in total. The summed E-state index contributed by atoms with van der Waals surface area (Å²) >= 11 is 0. The first-order valence-corrected chi connectivity index (χ1v) is 5.05. The van der Waals surface area contributed by atoms with Crippen molar-refractivity contribution < 1.29 is 9.90 Å². The van der Waals surface area contributed by atoms with E-state index >= 15 is 0 Å². The molecule has 0 saturated carbocycles. The highest BCUT2D eigenvalue weighted by Gasteiger charge is 2.12. The second-order valence-electron chi connectivity index (χ2n) is 4.48. The minimum Gasteiger partial charge on any atom is -0.393 e. The lowest BCUT2D eigenvalue weighted by atomic mass is 10.00. The minimum absolute atomic E-state index is 0.00387. The van der Waals surface area contributed by atoms with Crippen molar-refractivity contribution in [1.82, 2.24) is 5.32 Å². The van der Waals surface area contributed by atoms with Crippen molar-refractivity contribution in [3.05, 3.63) is 0 Å². The molecule has 4 heteroatoms. The number of hydrogen-bond acceptors (Lipinski definition) is 3. The normalized spacial score (nSPS) is 13.8. The zero-order valence-corrected chi connectivity index (χ0v) is 9.34. The van der Waals surface area contributed by atoms with Crippen LogP contribution in [0.1, 0.15) is 40.0 Å². The number of aliphatic hydroxyl groups is 1. The Balaban J connectivity index is 3.47. The highest BCUT2D eigenvalue weighted by molar-refractivity contribution is 5.75. The zero-order valence-electron chi connectivity index (χ0n) is 9.34. The van der Waals surface area contributed by atoms with E-state index in [0.717, 1.165) is 0 Å². The monoisotopic (exact) mass is 202 g/mol. The number of nitrogens with one attached hydrogen (secondary N) is 1. The van der Waals surface area contributed by atoms with Crippen LogP contribution in [0.15, 0.2) is 0 Å². The number of rotatable bonds is 6. The molecule has 0 rings (SSSR count). The molecule has 1 unspecified atom stereocenters. The predicted molar refractivity (Wildman–Crippen MR) is 56.8 cm³/mol. The van der Waals surface area contributed by atoms with Gasteiger partial charge in [-0.05, 0) is 33.6 Å². The van der Waals surface area contributed by atoms with Crippen LogP contribution in [0.3, 0.4) is 0 Å². The van der Waals surface area contributed by atoms with Gasteiger partial charge in [0.1, 0.15) is 0 Å². The van der Waals surface area contributed by atoms with Gasteiger partial charge in [-0.15, -0.1) is 0 Å². The highest BCUT2D eigenvalue weighted by Crippen LogP contribution is 2.06. The van der Waals surface area contributed by atoms with Crippen molar-refractivity contribution in [2.24, 2.45) is 5.73 Å². The fraction of sp³-hybridized carbons (Fsp3) is 0.900. The van der Waals surface area contributed by atoms with Gasteiger partial charge in [-0.25, -0.2) is 0 Å². The van der Waals surface area contributed by atoms with Crippen LogP contribution in [-0.4, -0.2) is 29.2 Å². The molecule has 0 aliphatic rings. The van der Waals surface area contributed by atoms with Crippen molar-refractivity contribution in [2.75, 3.05) is 6.54 Å². The van der Waals surface area contributed by atoms with Gasteiger partial charge in [0.05, 0.1) is 6.10 Å². The molecule has 0 aliphatic heterocycles. The quantitative estimate of drug-likeness (QED) is 0.583. The van der Waals surface area contributed by atoms with E-state index < -0.39 is 0 Å². The van der Waals surface area contributed by atoms with Gasteiger partial charge in [0.15, 0.2) is 0 Å². The van der Waals surface area contributed by atoms with Crippen LogP contribution in [0.5, 0.6) is 0 Å². The number of amides is 1. The Labute approximate surface area is 85.9 Å². The summed E-state index contributed by atoms with van der Waals surface area (Å²) < 4.78 is 0. The van der Waals surface area contributed by atoms with E-state index in [1.54, 1.807) is 6.92 Å². The SMILES string of the molecule is CC(O)CCNC(=O)CCC(C)(C)N. The fourth-order valence-electron chi connectivity index (χ4n) is 0.945. The van der Waals surface area contributed by atoms with E-state index in [9.17, 15) is 4.79 Å². The largest absolute Gasteiger partial charge is 0.393 e. The third-order valence-electron chi connectivity index (χ3n) is 1.88. The lowest BCUT2D eigenvalue weighted by Crippen LogP contribution is -2.34. The maximum Gasteiger partial charge on any atom is 0.220 e. The van der Waals surface area contributed by atoms with Gasteiger partial charge in [-0.2, -0.15) is 0 Å². The smallest absolute Gasteiger partial charge is 0.220 e. The molecule has 0 aromatic heterocycles. The summed E-state index contributed by atoms with van der Waals surface area (Å²) in [5.41, 5.74) is 5.45. The molecule has 0 aromatic carbocycles. The van der Waals surface area contributed by atoms with E-state index in [1.807, 2.05) is 13.8 Å². The Morgan fingerprint density at radius 3 is 2.57 bits per heavy atom. The lowest BCUT2D eigenvalue weighted by Gasteiger charge is -2.17. The van der Waals surface area contributed by atoms with E-state index in [1.165, 1.54) is 0 Å². The van der Waals surface area contributed by atoms with E-state index in [2.05, 4.69) is 5.32 Å². The van der Waals surface area contributed by atoms with Crippen molar-refractivity contribution in [3.63, 3.8) is 0 Å². The maximum absolute atomic E-state index is 11.2. The molecule has 4 N–H and O–H groups in total. The number of nitrogens with two attached hydrogens (primary N) is 1. The number of carbonyl (C=O) groups is 1. The molecular weight excluding hydrogens is 180 g/mol. The van der Waals surface area contributed by atoms with Gasteiger partial charge in [0, 0.05) is 18.5 Å². The Bertz CT molecular complexity index is 173. The summed E-state index contributed by atoms with van der Waals surface area (Å²) in [4.78, 5) is 11.2. The second kappa shape index (κ2) is 5.98. The standard InChI is InChI=1S/C10H22N2O2/c1-8(13)5-7-12-9(14)4-6-10(2,3)11/h8,13H,4-7,11H2,1-3H3,(H,12,14). The van der Waals surface area contributed by atoms with Crippen LogP contribution in [0.4, 0.5) is 0 Å². The van der Waals surface area contributed by atoms with Gasteiger partial charge in [-0.3, -0.25) is 4.79 Å². The highest BCUT2D eigenvalue weighted by atomic mass is 16.3. The van der Waals surface area contributed by atoms with Crippen molar-refractivity contribution >= 4 is 5.91 Å². The van der Waals surface area contributed by atoms with Gasteiger partial charge in [0.2, 0.25) is 5.91 Å². The Kier molecular flexibility index (Phi) is 5.72. The molecule has 1 atom stereocenters. The molecule has 14 heavy (non-hydrogen) atoms. The minimum atomic E-state index is -0.360. The van der Waals surface area contributed by atoms with Gasteiger partial charge >= 0.3 is 0 Å². The van der Waals surface area contributed by atoms with Gasteiger partial charge < -0.3 is 16.2 Å². The average Bonchev–Trinajstić information content (AvgIpc) is 1.99. The molecule has 0 bridgehead atoms. The third kappa shape index (κ3) is 9.48. The molecule has 0 heterocycles. The average molecular weight is 202 g/mol. The van der Waals surface area contributed by atoms with Crippen LogP contribution in [0, 0.1) is 0 Å². The van der Waals surface area contributed by atoms with Crippen LogP contribution >= 0.6 is 0 Å². The Morgan fingerprint density at radius 2 is 2.14 bits per heavy atom. The predicted octanol–water partition coefficient (Wildman–Crippen LogP) is 0.391. The molecule has 0 aromatic rings. The van der Waals surface area contributed by atoms with E-state index in [0.29, 0.717) is 25.8 Å². The van der Waals surface area contributed by atoms with Crippen LogP contribution in [0.25, 0.3) is 0 Å². The van der Waals surface area contributed by atoms with E-state index in [-0.39, 0.29) is 17.6 Å². The van der Waals surface area contributed by atoms with Gasteiger partial charge in [-0.1, -0.05) is 0 Å². The summed E-state index contributed by atoms with van der Waals surface area (Å²) in [7, 11) is 0. The Hall–Kier alpha value is -0.610. The third-order valence-corrected chi connectivity index (χ3v) is 1.88. The molecule has 0 aliphatic carbocycles. The van der Waals surface area contributed by atoms with Gasteiger partial charge in [0.25, 0.3) is 0 Å². The summed E-state index contributed by atoms with van der Waals surface area (Å²) in [5.74, 6) is 0.00387. The van der Waals surface area contributed by atoms with Crippen molar-refractivity contribution in [2.45, 2.75) is 51.7 Å². The number of aliphatic hydroxyl groups excluding tert-OH is 1. The summed E-state index contributed by atoms with van der Waals surface area (Å²) in [5, 5.41) is 11.7. The summed E-state index contributed by atoms with van der Waals surface area (Å²) in [6, 6.07) is 0. The molecule has 84 valence electrons. The summed E-state index contributed by atoms with van der Waals surface area (Å²) in [6.07, 6.45) is 1.36. The molecule has 0 saturated heterocycles. The molecule has 1 amide bonds. The number of hydrogen-bond donors (Lipinski definition) is 3. The number of carbonyl (C=O) groups excluding carboxylic acids is 1. The van der Waals surface area contributed by atoms with Crippen molar-refractivity contribution in [1.29, 1.82) is 0 Å². The molecule has 0 spiro atoms. The van der Waals surface area contributed by atoms with Crippen LogP contribution in [-0.2, 0) is 4.79 Å². The van der Waals surface area contributed by atoms with Crippen LogP contribution in [0.2, 0.25) is 0 Å². The first-order chi connectivity index (χ1) is 6.31. The first kappa shape index (κ1) is 13.4. The second-order valence-corrected chi connectivity index (χ2v) is 4.48. The zero-order chi connectivity index (χ0) is 11.2. The lowest BCUT2D eigenvalue weighted by molar-refractivity contribution is -0.121. The molecule has 0 fully saturated rings. The first-order valence-electron chi connectivity index (χ1n) is 5.05.